The second-order valence-electron chi connectivity index (χ2n) is 6.77. The van der Waals surface area contributed by atoms with Crippen molar-refractivity contribution in [2.45, 2.75) is 20.0 Å². The molecule has 0 saturated heterocycles. The quantitative estimate of drug-likeness (QED) is 0.438. The molecule has 0 aliphatic heterocycles. The van der Waals surface area contributed by atoms with Gasteiger partial charge in [0.05, 0.1) is 17.8 Å². The van der Waals surface area contributed by atoms with Gasteiger partial charge in [-0.25, -0.2) is 4.98 Å². The molecule has 0 saturated carbocycles. The Balaban J connectivity index is 1.45. The van der Waals surface area contributed by atoms with Gasteiger partial charge in [-0.1, -0.05) is 24.3 Å². The maximum Gasteiger partial charge on any atom is 0.272 e. The highest BCUT2D eigenvalue weighted by Crippen LogP contribution is 2.18. The van der Waals surface area contributed by atoms with Gasteiger partial charge in [0.25, 0.3) is 11.6 Å². The van der Waals surface area contributed by atoms with Crippen molar-refractivity contribution in [2.75, 3.05) is 6.54 Å². The van der Waals surface area contributed by atoms with E-state index >= 15 is 0 Å². The van der Waals surface area contributed by atoms with E-state index in [1.54, 1.807) is 19.4 Å². The molecular weight excluding hydrogens is 386 g/mol. The number of carbonyl (C=O) groups excluding carboxylic acids is 2. The van der Waals surface area contributed by atoms with Crippen LogP contribution in [0.5, 0.6) is 0 Å². The average molecular weight is 407 g/mol. The van der Waals surface area contributed by atoms with E-state index in [4.69, 9.17) is 0 Å². The zero-order chi connectivity index (χ0) is 21.5. The number of nitro benzene ring substituents is 1. The lowest BCUT2D eigenvalue weighted by Gasteiger charge is -2.09. The van der Waals surface area contributed by atoms with Gasteiger partial charge >= 0.3 is 0 Å². The van der Waals surface area contributed by atoms with Crippen LogP contribution in [0.25, 0.3) is 0 Å². The fourth-order valence-corrected chi connectivity index (χ4v) is 2.88. The van der Waals surface area contributed by atoms with Crippen molar-refractivity contribution in [3.63, 3.8) is 0 Å². The Morgan fingerprint density at radius 2 is 1.83 bits per heavy atom. The highest BCUT2D eigenvalue weighted by atomic mass is 16.6. The van der Waals surface area contributed by atoms with Crippen LogP contribution < -0.4 is 10.6 Å². The summed E-state index contributed by atoms with van der Waals surface area (Å²) in [6.45, 7) is 2.44. The van der Waals surface area contributed by atoms with Crippen molar-refractivity contribution in [1.82, 2.24) is 20.2 Å². The number of amides is 2. The van der Waals surface area contributed by atoms with E-state index in [0.717, 1.165) is 17.7 Å². The van der Waals surface area contributed by atoms with E-state index in [1.807, 2.05) is 35.0 Å². The molecule has 0 spiro atoms. The number of hydrogen-bond acceptors (Lipinski definition) is 5. The molecule has 9 nitrogen and oxygen atoms in total. The molecule has 1 aromatic heterocycles. The average Bonchev–Trinajstić information content (AvgIpc) is 3.24. The van der Waals surface area contributed by atoms with Gasteiger partial charge in [0.2, 0.25) is 5.91 Å². The summed E-state index contributed by atoms with van der Waals surface area (Å²) >= 11 is 0. The molecule has 0 aliphatic rings. The number of benzene rings is 2. The van der Waals surface area contributed by atoms with Crippen LogP contribution in [-0.2, 0) is 17.9 Å². The number of nitrogens with one attached hydrogen (secondary N) is 2. The highest BCUT2D eigenvalue weighted by Gasteiger charge is 2.14. The van der Waals surface area contributed by atoms with Crippen molar-refractivity contribution in [3.05, 3.63) is 93.6 Å². The first-order valence-electron chi connectivity index (χ1n) is 9.26. The van der Waals surface area contributed by atoms with Crippen LogP contribution >= 0.6 is 0 Å². The van der Waals surface area contributed by atoms with E-state index in [-0.39, 0.29) is 23.7 Å². The Hall–Kier alpha value is -4.01. The van der Waals surface area contributed by atoms with Crippen LogP contribution in [0, 0.1) is 17.0 Å². The largest absolute Gasteiger partial charge is 0.350 e. The molecule has 154 valence electrons. The molecule has 2 amide bonds. The van der Waals surface area contributed by atoms with Gasteiger partial charge in [-0.15, -0.1) is 0 Å². The summed E-state index contributed by atoms with van der Waals surface area (Å²) in [6, 6.07) is 11.9. The van der Waals surface area contributed by atoms with E-state index in [1.165, 1.54) is 18.2 Å². The predicted octanol–water partition coefficient (Wildman–Crippen LogP) is 2.19. The summed E-state index contributed by atoms with van der Waals surface area (Å²) in [5, 5.41) is 16.1. The molecule has 0 atom stereocenters. The van der Waals surface area contributed by atoms with Crippen molar-refractivity contribution in [2.24, 2.45) is 0 Å². The first kappa shape index (κ1) is 20.7. The number of carbonyl (C=O) groups is 2. The Labute approximate surface area is 172 Å². The van der Waals surface area contributed by atoms with Crippen LogP contribution in [0.15, 0.2) is 61.2 Å². The first-order chi connectivity index (χ1) is 14.4. The summed E-state index contributed by atoms with van der Waals surface area (Å²) in [7, 11) is 0. The summed E-state index contributed by atoms with van der Waals surface area (Å²) in [4.78, 5) is 38.5. The minimum Gasteiger partial charge on any atom is -0.350 e. The number of nitro groups is 1. The normalized spacial score (nSPS) is 10.4. The summed E-state index contributed by atoms with van der Waals surface area (Å²) in [6.07, 6.45) is 5.37. The lowest BCUT2D eigenvalue weighted by molar-refractivity contribution is -0.385. The van der Waals surface area contributed by atoms with Crippen LogP contribution in [0.4, 0.5) is 5.69 Å². The first-order valence-corrected chi connectivity index (χ1v) is 9.26. The fourth-order valence-electron chi connectivity index (χ4n) is 2.88. The standard InChI is InChI=1S/C21H21N5O4/c1-15-10-18(6-7-19(15)26(29)30)21(28)24-12-20(27)23-11-16-2-4-17(5-3-16)13-25-9-8-22-14-25/h2-10,14H,11-13H2,1H3,(H,23,27)(H,24,28). The van der Waals surface area contributed by atoms with Crippen LogP contribution in [0.2, 0.25) is 0 Å². The van der Waals surface area contributed by atoms with Crippen LogP contribution in [0.3, 0.4) is 0 Å². The summed E-state index contributed by atoms with van der Waals surface area (Å²) < 4.78 is 1.96. The molecule has 3 aromatic rings. The zero-order valence-electron chi connectivity index (χ0n) is 16.4. The van der Waals surface area contributed by atoms with Gasteiger partial charge in [0, 0.05) is 42.7 Å². The number of aromatic nitrogens is 2. The van der Waals surface area contributed by atoms with Crippen molar-refractivity contribution < 1.29 is 14.5 Å². The number of hydrogen-bond donors (Lipinski definition) is 2. The zero-order valence-corrected chi connectivity index (χ0v) is 16.4. The maximum atomic E-state index is 12.2. The highest BCUT2D eigenvalue weighted by molar-refractivity contribution is 5.96. The van der Waals surface area contributed by atoms with Gasteiger partial charge < -0.3 is 15.2 Å². The molecule has 2 aromatic carbocycles. The molecule has 0 radical (unpaired) electrons. The van der Waals surface area contributed by atoms with Crippen LogP contribution in [0.1, 0.15) is 27.0 Å². The molecule has 3 rings (SSSR count). The predicted molar refractivity (Wildman–Crippen MR) is 110 cm³/mol. The van der Waals surface area contributed by atoms with Crippen LogP contribution in [-0.4, -0.2) is 32.8 Å². The molecule has 0 fully saturated rings. The topological polar surface area (TPSA) is 119 Å². The lowest BCUT2D eigenvalue weighted by atomic mass is 10.1. The van der Waals surface area contributed by atoms with Gasteiger partial charge in [0.1, 0.15) is 0 Å². The van der Waals surface area contributed by atoms with Gasteiger partial charge in [-0.05, 0) is 30.2 Å². The van der Waals surface area contributed by atoms with E-state index in [9.17, 15) is 19.7 Å². The molecule has 1 heterocycles. The fraction of sp³-hybridized carbons (Fsp3) is 0.190. The molecule has 9 heteroatoms. The van der Waals surface area contributed by atoms with E-state index < -0.39 is 10.8 Å². The Morgan fingerprint density at radius 1 is 1.10 bits per heavy atom. The molecule has 0 unspecified atom stereocenters. The van der Waals surface area contributed by atoms with Gasteiger partial charge in [-0.3, -0.25) is 19.7 Å². The number of aryl methyl sites for hydroxylation is 1. The Bertz CT molecular complexity index is 1050. The van der Waals surface area contributed by atoms with Crippen molar-refractivity contribution >= 4 is 17.5 Å². The lowest BCUT2D eigenvalue weighted by Crippen LogP contribution is -2.36. The minimum atomic E-state index is -0.505. The monoisotopic (exact) mass is 407 g/mol. The van der Waals surface area contributed by atoms with Gasteiger partial charge in [0.15, 0.2) is 0 Å². The number of imidazole rings is 1. The minimum absolute atomic E-state index is 0.0552. The van der Waals surface area contributed by atoms with Crippen molar-refractivity contribution in [1.29, 1.82) is 0 Å². The van der Waals surface area contributed by atoms with Crippen molar-refractivity contribution in [3.8, 4) is 0 Å². The molecule has 0 aliphatic carbocycles. The molecule has 0 bridgehead atoms. The molecular formula is C21H21N5O4. The molecule has 2 N–H and O–H groups in total. The third-order valence-electron chi connectivity index (χ3n) is 4.50. The van der Waals surface area contributed by atoms with E-state index in [0.29, 0.717) is 12.1 Å². The second kappa shape index (κ2) is 9.46. The Morgan fingerprint density at radius 3 is 2.47 bits per heavy atom. The van der Waals surface area contributed by atoms with Gasteiger partial charge in [-0.2, -0.15) is 0 Å². The Kier molecular flexibility index (Phi) is 6.53. The summed E-state index contributed by atoms with van der Waals surface area (Å²) in [5.74, 6) is -0.795. The SMILES string of the molecule is Cc1cc(C(=O)NCC(=O)NCc2ccc(Cn3ccnc3)cc2)ccc1[N+](=O)[O-]. The smallest absolute Gasteiger partial charge is 0.272 e. The third kappa shape index (κ3) is 5.51. The van der Waals surface area contributed by atoms with E-state index in [2.05, 4.69) is 15.6 Å². The molecule has 30 heavy (non-hydrogen) atoms. The number of nitrogens with zero attached hydrogens (tertiary/aromatic N) is 3. The maximum absolute atomic E-state index is 12.2. The third-order valence-corrected chi connectivity index (χ3v) is 4.50. The number of rotatable bonds is 8. The summed E-state index contributed by atoms with van der Waals surface area (Å²) in [5.41, 5.74) is 2.65. The second-order valence-corrected chi connectivity index (χ2v) is 6.77.